The smallest absolute Gasteiger partial charge is 0.226 e. The van der Waals surface area contributed by atoms with E-state index in [2.05, 4.69) is 19.2 Å². The Hall–Kier alpha value is -1.55. The largest absolute Gasteiger partial charge is 0.342 e. The highest BCUT2D eigenvalue weighted by Crippen LogP contribution is 2.20. The van der Waals surface area contributed by atoms with Crippen LogP contribution in [0, 0.1) is 12.8 Å². The molecule has 0 radical (unpaired) electrons. The number of carbonyl (C=O) groups excluding carboxylic acids is 2. The molecule has 0 bridgehead atoms. The number of nitrogens with zero attached hydrogens (tertiary/aromatic N) is 1. The summed E-state index contributed by atoms with van der Waals surface area (Å²) in [5.41, 5.74) is 1.65. The Morgan fingerprint density at radius 3 is 2.50 bits per heavy atom. The number of nitrogens with one attached hydrogen (secondary N) is 1. The average Bonchev–Trinajstić information content (AvgIpc) is 2.42. The van der Waals surface area contributed by atoms with Crippen molar-refractivity contribution in [1.82, 2.24) is 4.90 Å². The molecule has 0 heterocycles. The lowest BCUT2D eigenvalue weighted by Gasteiger charge is -2.21. The number of aryl methyl sites for hydroxylation is 1. The lowest BCUT2D eigenvalue weighted by Crippen LogP contribution is -2.33. The summed E-state index contributed by atoms with van der Waals surface area (Å²) in [6.45, 7) is 8.81. The molecule has 122 valence electrons. The van der Waals surface area contributed by atoms with E-state index < -0.39 is 0 Å². The van der Waals surface area contributed by atoms with Gasteiger partial charge in [-0.25, -0.2) is 0 Å². The minimum atomic E-state index is -0.115. The second-order valence-electron chi connectivity index (χ2n) is 5.95. The zero-order valence-corrected chi connectivity index (χ0v) is 14.5. The van der Waals surface area contributed by atoms with Gasteiger partial charge in [0.25, 0.3) is 0 Å². The van der Waals surface area contributed by atoms with Crippen LogP contribution in [0.1, 0.15) is 39.2 Å². The van der Waals surface area contributed by atoms with Crippen LogP contribution < -0.4 is 5.32 Å². The Labute approximate surface area is 137 Å². The van der Waals surface area contributed by atoms with Crippen molar-refractivity contribution in [3.63, 3.8) is 0 Å². The van der Waals surface area contributed by atoms with E-state index in [0.29, 0.717) is 29.7 Å². The minimum Gasteiger partial charge on any atom is -0.342 e. The van der Waals surface area contributed by atoms with Crippen molar-refractivity contribution in [3.8, 4) is 0 Å². The lowest BCUT2D eigenvalue weighted by atomic mass is 10.1. The number of halogens is 1. The Balaban J connectivity index is 2.49. The fraction of sp³-hybridized carbons (Fsp3) is 0.529. The van der Waals surface area contributed by atoms with Crippen molar-refractivity contribution in [2.75, 3.05) is 18.4 Å². The summed E-state index contributed by atoms with van der Waals surface area (Å²) in [6.07, 6.45) is 1.22. The van der Waals surface area contributed by atoms with Crippen molar-refractivity contribution in [2.45, 2.75) is 40.5 Å². The molecule has 0 saturated heterocycles. The molecule has 0 saturated carbocycles. The number of hydrogen-bond acceptors (Lipinski definition) is 2. The molecular formula is C17H25ClN2O2. The maximum atomic E-state index is 12.0. The number of anilines is 1. The summed E-state index contributed by atoms with van der Waals surface area (Å²) < 4.78 is 0. The van der Waals surface area contributed by atoms with E-state index in [9.17, 15) is 9.59 Å². The molecule has 0 aromatic heterocycles. The van der Waals surface area contributed by atoms with Gasteiger partial charge in [0.1, 0.15) is 0 Å². The van der Waals surface area contributed by atoms with E-state index >= 15 is 0 Å². The molecule has 5 heteroatoms. The minimum absolute atomic E-state index is 0.00632. The summed E-state index contributed by atoms with van der Waals surface area (Å²) >= 11 is 6.03. The molecule has 0 fully saturated rings. The molecule has 1 aromatic rings. The first-order valence-corrected chi connectivity index (χ1v) is 7.99. The second kappa shape index (κ2) is 8.79. The summed E-state index contributed by atoms with van der Waals surface area (Å²) in [6, 6.07) is 5.42. The first kappa shape index (κ1) is 18.5. The van der Waals surface area contributed by atoms with E-state index in [4.69, 9.17) is 11.6 Å². The molecule has 0 aliphatic heterocycles. The number of carbonyl (C=O) groups is 2. The summed E-state index contributed by atoms with van der Waals surface area (Å²) in [5.74, 6) is 0.424. The van der Waals surface area contributed by atoms with Crippen LogP contribution in [-0.2, 0) is 9.59 Å². The van der Waals surface area contributed by atoms with Crippen LogP contribution in [-0.4, -0.2) is 29.8 Å². The monoisotopic (exact) mass is 324 g/mol. The van der Waals surface area contributed by atoms with Crippen molar-refractivity contribution in [3.05, 3.63) is 28.8 Å². The van der Waals surface area contributed by atoms with Crippen LogP contribution >= 0.6 is 11.6 Å². The predicted molar refractivity (Wildman–Crippen MR) is 91.1 cm³/mol. The van der Waals surface area contributed by atoms with Crippen LogP contribution in [0.3, 0.4) is 0 Å². The van der Waals surface area contributed by atoms with Gasteiger partial charge in [-0.05, 0) is 37.0 Å². The third-order valence-corrected chi connectivity index (χ3v) is 3.89. The van der Waals surface area contributed by atoms with Gasteiger partial charge in [0.15, 0.2) is 0 Å². The average molecular weight is 325 g/mol. The zero-order valence-electron chi connectivity index (χ0n) is 13.8. The molecule has 4 nitrogen and oxygen atoms in total. The normalized spacial score (nSPS) is 10.6. The van der Waals surface area contributed by atoms with Crippen LogP contribution in [0.2, 0.25) is 5.02 Å². The number of rotatable bonds is 7. The van der Waals surface area contributed by atoms with E-state index in [1.807, 2.05) is 19.1 Å². The van der Waals surface area contributed by atoms with E-state index in [1.54, 1.807) is 11.0 Å². The van der Waals surface area contributed by atoms with Crippen LogP contribution in [0.25, 0.3) is 0 Å². The van der Waals surface area contributed by atoms with Crippen molar-refractivity contribution >= 4 is 29.1 Å². The van der Waals surface area contributed by atoms with Crippen LogP contribution in [0.5, 0.6) is 0 Å². The molecule has 0 atom stereocenters. The number of benzene rings is 1. The van der Waals surface area contributed by atoms with Gasteiger partial charge in [-0.1, -0.05) is 31.5 Å². The molecule has 0 spiro atoms. The van der Waals surface area contributed by atoms with Gasteiger partial charge in [-0.2, -0.15) is 0 Å². The fourth-order valence-corrected chi connectivity index (χ4v) is 2.15. The Kier molecular flexibility index (Phi) is 7.39. The number of hydrogen-bond donors (Lipinski definition) is 1. The standard InChI is InChI=1S/C17H25ClN2O2/c1-12(2)7-9-20(14(4)21)10-8-17(22)19-15-6-5-13(3)16(18)11-15/h5-6,11-12H,7-10H2,1-4H3,(H,19,22). The second-order valence-corrected chi connectivity index (χ2v) is 6.36. The van der Waals surface area contributed by atoms with Gasteiger partial charge < -0.3 is 10.2 Å². The molecule has 0 aliphatic rings. The SMILES string of the molecule is CC(=O)N(CCC(=O)Nc1ccc(C)c(Cl)c1)CCC(C)C. The molecule has 22 heavy (non-hydrogen) atoms. The molecule has 1 N–H and O–H groups in total. The molecule has 2 amide bonds. The van der Waals surface area contributed by atoms with Crippen molar-refractivity contribution in [2.24, 2.45) is 5.92 Å². The first-order chi connectivity index (χ1) is 10.3. The zero-order chi connectivity index (χ0) is 16.7. The van der Waals surface area contributed by atoms with E-state index in [-0.39, 0.29) is 18.2 Å². The molecule has 0 aliphatic carbocycles. The van der Waals surface area contributed by atoms with E-state index in [1.165, 1.54) is 6.92 Å². The molecule has 1 aromatic carbocycles. The van der Waals surface area contributed by atoms with Gasteiger partial charge >= 0.3 is 0 Å². The lowest BCUT2D eigenvalue weighted by molar-refractivity contribution is -0.129. The summed E-state index contributed by atoms with van der Waals surface area (Å²) in [7, 11) is 0. The van der Waals surface area contributed by atoms with Gasteiger partial charge in [0, 0.05) is 37.1 Å². The van der Waals surface area contributed by atoms with Gasteiger partial charge in [0.05, 0.1) is 0 Å². The first-order valence-electron chi connectivity index (χ1n) is 7.61. The highest BCUT2D eigenvalue weighted by Gasteiger charge is 2.12. The van der Waals surface area contributed by atoms with E-state index in [0.717, 1.165) is 12.0 Å². The van der Waals surface area contributed by atoms with Gasteiger partial charge in [-0.3, -0.25) is 9.59 Å². The molecular weight excluding hydrogens is 300 g/mol. The third-order valence-electron chi connectivity index (χ3n) is 3.49. The summed E-state index contributed by atoms with van der Waals surface area (Å²) in [5, 5.41) is 3.43. The maximum Gasteiger partial charge on any atom is 0.226 e. The van der Waals surface area contributed by atoms with Crippen molar-refractivity contribution in [1.29, 1.82) is 0 Å². The quantitative estimate of drug-likeness (QED) is 0.827. The van der Waals surface area contributed by atoms with Crippen LogP contribution in [0.15, 0.2) is 18.2 Å². The van der Waals surface area contributed by atoms with Gasteiger partial charge in [0.2, 0.25) is 11.8 Å². The van der Waals surface area contributed by atoms with Gasteiger partial charge in [-0.15, -0.1) is 0 Å². The van der Waals surface area contributed by atoms with Crippen LogP contribution in [0.4, 0.5) is 5.69 Å². The molecule has 1 rings (SSSR count). The summed E-state index contributed by atoms with van der Waals surface area (Å²) in [4.78, 5) is 25.3. The Morgan fingerprint density at radius 1 is 1.27 bits per heavy atom. The Bertz CT molecular complexity index is 529. The number of amides is 2. The fourth-order valence-electron chi connectivity index (χ4n) is 1.97. The third kappa shape index (κ3) is 6.48. The highest BCUT2D eigenvalue weighted by molar-refractivity contribution is 6.31. The highest BCUT2D eigenvalue weighted by atomic mass is 35.5. The predicted octanol–water partition coefficient (Wildman–Crippen LogP) is 3.87. The van der Waals surface area contributed by atoms with Crippen molar-refractivity contribution < 1.29 is 9.59 Å². The topological polar surface area (TPSA) is 49.4 Å². The molecule has 0 unspecified atom stereocenters. The maximum absolute atomic E-state index is 12.0. The Morgan fingerprint density at radius 2 is 1.95 bits per heavy atom.